The molecule has 1 saturated heterocycles. The average molecular weight is 402 g/mol. The van der Waals surface area contributed by atoms with Crippen LogP contribution >= 0.6 is 11.7 Å². The zero-order valence-corrected chi connectivity index (χ0v) is 17.3. The second-order valence-electron chi connectivity index (χ2n) is 7.90. The van der Waals surface area contributed by atoms with Crippen LogP contribution in [-0.2, 0) is 6.54 Å². The summed E-state index contributed by atoms with van der Waals surface area (Å²) < 4.78 is 14.7. The third-order valence-corrected chi connectivity index (χ3v) is 5.91. The van der Waals surface area contributed by atoms with Crippen molar-refractivity contribution < 1.29 is 4.74 Å². The van der Waals surface area contributed by atoms with Crippen molar-refractivity contribution in [3.63, 3.8) is 0 Å². The fourth-order valence-corrected chi connectivity index (χ4v) is 4.07. The lowest BCUT2D eigenvalue weighted by Crippen LogP contribution is -2.29. The third kappa shape index (κ3) is 6.07. The fourth-order valence-electron chi connectivity index (χ4n) is 3.56. The van der Waals surface area contributed by atoms with Gasteiger partial charge >= 0.3 is 0 Å². The van der Waals surface area contributed by atoms with E-state index in [0.29, 0.717) is 6.61 Å². The first-order valence-electron chi connectivity index (χ1n) is 10.6. The molecule has 2 aromatic rings. The van der Waals surface area contributed by atoms with Crippen molar-refractivity contribution in [1.29, 1.82) is 0 Å². The van der Waals surface area contributed by atoms with Gasteiger partial charge in [0, 0.05) is 19.6 Å². The molecule has 1 aliphatic heterocycles. The SMILES string of the molecule is c1cc(CN2CCCCC2)cc(OCCCNc2nsnc2NCC2CC2)c1. The van der Waals surface area contributed by atoms with Crippen LogP contribution in [0.3, 0.4) is 0 Å². The number of nitrogens with zero attached hydrogens (tertiary/aromatic N) is 3. The molecule has 2 aliphatic rings. The molecule has 0 bridgehead atoms. The van der Waals surface area contributed by atoms with Crippen molar-refractivity contribution in [2.75, 3.05) is 43.4 Å². The van der Waals surface area contributed by atoms with Crippen LogP contribution in [0.5, 0.6) is 5.75 Å². The summed E-state index contributed by atoms with van der Waals surface area (Å²) in [4.78, 5) is 2.54. The summed E-state index contributed by atoms with van der Waals surface area (Å²) in [6.45, 7) is 6.02. The number of hydrogen-bond acceptors (Lipinski definition) is 7. The first-order valence-corrected chi connectivity index (χ1v) is 11.3. The van der Waals surface area contributed by atoms with E-state index in [9.17, 15) is 0 Å². The van der Waals surface area contributed by atoms with Gasteiger partial charge in [-0.15, -0.1) is 0 Å². The number of likely N-dealkylation sites (tertiary alicyclic amines) is 1. The van der Waals surface area contributed by atoms with E-state index in [4.69, 9.17) is 4.74 Å². The molecule has 0 spiro atoms. The van der Waals surface area contributed by atoms with E-state index in [1.807, 2.05) is 0 Å². The highest BCUT2D eigenvalue weighted by Gasteiger charge is 2.21. The number of benzene rings is 1. The van der Waals surface area contributed by atoms with Crippen molar-refractivity contribution in [2.45, 2.75) is 45.1 Å². The number of ether oxygens (including phenoxy) is 1. The molecule has 6 nitrogen and oxygen atoms in total. The Morgan fingerprint density at radius 1 is 1.07 bits per heavy atom. The number of piperidine rings is 1. The predicted octanol–water partition coefficient (Wildman–Crippen LogP) is 4.23. The van der Waals surface area contributed by atoms with Crippen molar-refractivity contribution in [3.8, 4) is 5.75 Å². The third-order valence-electron chi connectivity index (χ3n) is 5.38. The molecule has 1 saturated carbocycles. The van der Waals surface area contributed by atoms with Gasteiger partial charge in [0.1, 0.15) is 5.75 Å². The smallest absolute Gasteiger partial charge is 0.184 e. The minimum atomic E-state index is 0.697. The first kappa shape index (κ1) is 19.5. The molecule has 0 atom stereocenters. The standard InChI is InChI=1S/C21H31N5OS/c1-2-11-26(12-3-1)16-18-6-4-7-19(14-18)27-13-5-10-22-20-21(25-28-24-20)23-15-17-8-9-17/h4,6-7,14,17H,1-3,5,8-13,15-16H2,(H,22,24)(H,23,25). The van der Waals surface area contributed by atoms with Gasteiger partial charge in [-0.1, -0.05) is 18.6 Å². The molecule has 152 valence electrons. The average Bonchev–Trinajstić information content (AvgIpc) is 3.45. The summed E-state index contributed by atoms with van der Waals surface area (Å²) in [6.07, 6.45) is 7.64. The van der Waals surface area contributed by atoms with Crippen LogP contribution < -0.4 is 15.4 Å². The Kier molecular flexibility index (Phi) is 7.00. The molecular formula is C21H31N5OS. The lowest BCUT2D eigenvalue weighted by atomic mass is 10.1. The van der Waals surface area contributed by atoms with Crippen molar-refractivity contribution in [2.24, 2.45) is 5.92 Å². The number of nitrogens with one attached hydrogen (secondary N) is 2. The predicted molar refractivity (Wildman–Crippen MR) is 115 cm³/mol. The molecule has 2 fully saturated rings. The number of hydrogen-bond donors (Lipinski definition) is 2. The summed E-state index contributed by atoms with van der Waals surface area (Å²) in [5.41, 5.74) is 1.34. The van der Waals surface area contributed by atoms with Crippen LogP contribution in [-0.4, -0.2) is 46.4 Å². The minimum Gasteiger partial charge on any atom is -0.494 e. The lowest BCUT2D eigenvalue weighted by Gasteiger charge is -2.26. The van der Waals surface area contributed by atoms with E-state index in [0.717, 1.165) is 49.4 Å². The van der Waals surface area contributed by atoms with E-state index in [2.05, 4.69) is 48.5 Å². The van der Waals surface area contributed by atoms with E-state index in [1.165, 1.54) is 62.5 Å². The number of anilines is 2. The Morgan fingerprint density at radius 2 is 1.89 bits per heavy atom. The van der Waals surface area contributed by atoms with Gasteiger partial charge in [0.2, 0.25) is 0 Å². The minimum absolute atomic E-state index is 0.697. The van der Waals surface area contributed by atoms with Crippen LogP contribution in [0.2, 0.25) is 0 Å². The van der Waals surface area contributed by atoms with Gasteiger partial charge in [-0.25, -0.2) is 0 Å². The van der Waals surface area contributed by atoms with E-state index < -0.39 is 0 Å². The summed E-state index contributed by atoms with van der Waals surface area (Å²) in [6, 6.07) is 8.55. The monoisotopic (exact) mass is 401 g/mol. The quantitative estimate of drug-likeness (QED) is 0.550. The Labute approximate surface area is 172 Å². The Bertz CT molecular complexity index is 727. The molecule has 0 unspecified atom stereocenters. The number of rotatable bonds is 11. The normalized spacial score (nSPS) is 17.4. The van der Waals surface area contributed by atoms with Gasteiger partial charge in [0.15, 0.2) is 11.6 Å². The van der Waals surface area contributed by atoms with Gasteiger partial charge < -0.3 is 15.4 Å². The molecule has 0 radical (unpaired) electrons. The highest BCUT2D eigenvalue weighted by molar-refractivity contribution is 6.99. The molecular weight excluding hydrogens is 370 g/mol. The molecule has 7 heteroatoms. The largest absolute Gasteiger partial charge is 0.494 e. The summed E-state index contributed by atoms with van der Waals surface area (Å²) in [5, 5.41) is 6.78. The van der Waals surface area contributed by atoms with E-state index >= 15 is 0 Å². The maximum atomic E-state index is 5.97. The van der Waals surface area contributed by atoms with Crippen LogP contribution in [0.25, 0.3) is 0 Å². The van der Waals surface area contributed by atoms with Crippen molar-refractivity contribution >= 4 is 23.4 Å². The highest BCUT2D eigenvalue weighted by Crippen LogP contribution is 2.29. The van der Waals surface area contributed by atoms with Crippen LogP contribution in [0.1, 0.15) is 44.1 Å². The second-order valence-corrected chi connectivity index (χ2v) is 8.43. The lowest BCUT2D eigenvalue weighted by molar-refractivity contribution is 0.220. The van der Waals surface area contributed by atoms with E-state index in [-0.39, 0.29) is 0 Å². The number of aromatic nitrogens is 2. The topological polar surface area (TPSA) is 62.3 Å². The Balaban J connectivity index is 1.15. The van der Waals surface area contributed by atoms with Gasteiger partial charge in [0.05, 0.1) is 18.3 Å². The molecule has 28 heavy (non-hydrogen) atoms. The van der Waals surface area contributed by atoms with Crippen LogP contribution in [0.4, 0.5) is 11.6 Å². The van der Waals surface area contributed by atoms with Gasteiger partial charge in [-0.3, -0.25) is 4.90 Å². The maximum absolute atomic E-state index is 5.97. The molecule has 2 heterocycles. The van der Waals surface area contributed by atoms with Gasteiger partial charge in [-0.2, -0.15) is 8.75 Å². The fraction of sp³-hybridized carbons (Fsp3) is 0.619. The van der Waals surface area contributed by atoms with Crippen molar-refractivity contribution in [1.82, 2.24) is 13.6 Å². The summed E-state index contributed by atoms with van der Waals surface area (Å²) >= 11 is 1.25. The Hall–Kier alpha value is -1.86. The van der Waals surface area contributed by atoms with Gasteiger partial charge in [0.25, 0.3) is 0 Å². The zero-order valence-electron chi connectivity index (χ0n) is 16.5. The summed E-state index contributed by atoms with van der Waals surface area (Å²) in [5.74, 6) is 3.56. The molecule has 1 aliphatic carbocycles. The van der Waals surface area contributed by atoms with Crippen LogP contribution in [0, 0.1) is 5.92 Å². The summed E-state index contributed by atoms with van der Waals surface area (Å²) in [7, 11) is 0. The molecule has 2 N–H and O–H groups in total. The van der Waals surface area contributed by atoms with Crippen LogP contribution in [0.15, 0.2) is 24.3 Å². The highest BCUT2D eigenvalue weighted by atomic mass is 32.1. The Morgan fingerprint density at radius 3 is 2.71 bits per heavy atom. The van der Waals surface area contributed by atoms with Crippen molar-refractivity contribution in [3.05, 3.63) is 29.8 Å². The first-order chi connectivity index (χ1) is 13.9. The van der Waals surface area contributed by atoms with Gasteiger partial charge in [-0.05, 0) is 68.8 Å². The second kappa shape index (κ2) is 10.1. The van der Waals surface area contributed by atoms with E-state index in [1.54, 1.807) is 0 Å². The maximum Gasteiger partial charge on any atom is 0.184 e. The zero-order chi connectivity index (χ0) is 19.0. The molecule has 4 rings (SSSR count). The molecule has 0 amide bonds. The molecule has 1 aromatic carbocycles. The molecule has 1 aromatic heterocycles.